The van der Waals surface area contributed by atoms with Crippen molar-refractivity contribution in [2.24, 2.45) is 0 Å². The number of benzene rings is 2. The van der Waals surface area contributed by atoms with Crippen molar-refractivity contribution in [1.82, 2.24) is 9.47 Å². The molecule has 1 amide bonds. The third kappa shape index (κ3) is 4.00. The molecule has 0 spiro atoms. The van der Waals surface area contributed by atoms with Crippen LogP contribution in [0.3, 0.4) is 0 Å². The Bertz CT molecular complexity index is 1070. The Kier molecular flexibility index (Phi) is 5.68. The molecule has 0 saturated carbocycles. The molecule has 0 aliphatic carbocycles. The molecule has 1 atom stereocenters. The molecule has 1 aliphatic heterocycles. The van der Waals surface area contributed by atoms with Gasteiger partial charge in [-0.15, -0.1) is 0 Å². The summed E-state index contributed by atoms with van der Waals surface area (Å²) < 4.78 is 7.25. The van der Waals surface area contributed by atoms with Crippen LogP contribution >= 0.6 is 0 Å². The molecule has 1 saturated heterocycles. The molecule has 160 valence electrons. The summed E-state index contributed by atoms with van der Waals surface area (Å²) in [5.41, 5.74) is 3.75. The average Bonchev–Trinajstić information content (AvgIpc) is 3.43. The number of aryl methyl sites for hydroxylation is 2. The molecule has 1 aromatic heterocycles. The minimum atomic E-state index is -0.988. The summed E-state index contributed by atoms with van der Waals surface area (Å²) in [6.45, 7) is 4.50. The van der Waals surface area contributed by atoms with Gasteiger partial charge >= 0.3 is 5.97 Å². The fourth-order valence-corrected chi connectivity index (χ4v) is 4.72. The van der Waals surface area contributed by atoms with Gasteiger partial charge in [0.25, 0.3) is 5.91 Å². The molecule has 0 N–H and O–H groups in total. The lowest BCUT2D eigenvalue weighted by atomic mass is 9.87. The normalized spacial score (nSPS) is 18.2. The lowest BCUT2D eigenvalue weighted by Gasteiger charge is -2.36. The molecule has 2 aromatic carbocycles. The SMILES string of the molecule is COC(=O)C1(Cc2ccc(-n3cccc3)cc2)CCCN1C(=O)c1cc(C)cc(C)c1. The maximum Gasteiger partial charge on any atom is 0.332 e. The molecule has 0 radical (unpaired) electrons. The highest BCUT2D eigenvalue weighted by molar-refractivity contribution is 5.99. The van der Waals surface area contributed by atoms with Crippen molar-refractivity contribution >= 4 is 11.9 Å². The van der Waals surface area contributed by atoms with Crippen molar-refractivity contribution in [2.75, 3.05) is 13.7 Å². The van der Waals surface area contributed by atoms with Gasteiger partial charge in [0.15, 0.2) is 0 Å². The lowest BCUT2D eigenvalue weighted by Crippen LogP contribution is -2.55. The molecule has 3 aromatic rings. The van der Waals surface area contributed by atoms with Crippen LogP contribution in [0.4, 0.5) is 0 Å². The van der Waals surface area contributed by atoms with E-state index in [0.717, 1.165) is 28.8 Å². The van der Waals surface area contributed by atoms with E-state index in [0.29, 0.717) is 24.9 Å². The molecular weight excluding hydrogens is 388 g/mol. The van der Waals surface area contributed by atoms with Crippen molar-refractivity contribution in [3.05, 3.63) is 89.2 Å². The maximum atomic E-state index is 13.5. The van der Waals surface area contributed by atoms with E-state index in [2.05, 4.69) is 0 Å². The highest BCUT2D eigenvalue weighted by Crippen LogP contribution is 2.36. The van der Waals surface area contributed by atoms with E-state index in [9.17, 15) is 9.59 Å². The van der Waals surface area contributed by atoms with Crippen LogP contribution in [0.25, 0.3) is 5.69 Å². The Hall–Kier alpha value is -3.34. The number of methoxy groups -OCH3 is 1. The van der Waals surface area contributed by atoms with Crippen LogP contribution in [0.2, 0.25) is 0 Å². The van der Waals surface area contributed by atoms with Crippen molar-refractivity contribution in [1.29, 1.82) is 0 Å². The maximum absolute atomic E-state index is 13.5. The van der Waals surface area contributed by atoms with Gasteiger partial charge in [-0.2, -0.15) is 0 Å². The number of rotatable bonds is 5. The summed E-state index contributed by atoms with van der Waals surface area (Å²) in [5.74, 6) is -0.462. The molecule has 2 heterocycles. The first-order valence-electron chi connectivity index (χ1n) is 10.6. The Morgan fingerprint density at radius 2 is 1.65 bits per heavy atom. The van der Waals surface area contributed by atoms with Gasteiger partial charge in [0.05, 0.1) is 7.11 Å². The molecule has 5 heteroatoms. The second kappa shape index (κ2) is 8.42. The first-order chi connectivity index (χ1) is 14.9. The van der Waals surface area contributed by atoms with Crippen LogP contribution in [0.1, 0.15) is 39.9 Å². The minimum absolute atomic E-state index is 0.112. The zero-order valence-corrected chi connectivity index (χ0v) is 18.3. The van der Waals surface area contributed by atoms with Gasteiger partial charge in [-0.3, -0.25) is 4.79 Å². The van der Waals surface area contributed by atoms with Crippen molar-refractivity contribution in [2.45, 2.75) is 38.6 Å². The van der Waals surface area contributed by atoms with Crippen molar-refractivity contribution in [3.8, 4) is 5.69 Å². The third-order valence-corrected chi connectivity index (χ3v) is 6.10. The number of aromatic nitrogens is 1. The molecule has 4 rings (SSSR count). The van der Waals surface area contributed by atoms with Crippen molar-refractivity contribution in [3.63, 3.8) is 0 Å². The highest BCUT2D eigenvalue weighted by atomic mass is 16.5. The number of nitrogens with zero attached hydrogens (tertiary/aromatic N) is 2. The van der Waals surface area contributed by atoms with Crippen molar-refractivity contribution < 1.29 is 14.3 Å². The zero-order chi connectivity index (χ0) is 22.0. The number of carbonyl (C=O) groups excluding carboxylic acids is 2. The Morgan fingerprint density at radius 3 is 2.26 bits per heavy atom. The van der Waals surface area contributed by atoms with E-state index < -0.39 is 5.54 Å². The van der Waals surface area contributed by atoms with Gasteiger partial charge in [-0.1, -0.05) is 29.3 Å². The number of hydrogen-bond acceptors (Lipinski definition) is 3. The largest absolute Gasteiger partial charge is 0.467 e. The van der Waals surface area contributed by atoms with Crippen LogP contribution in [0, 0.1) is 13.8 Å². The van der Waals surface area contributed by atoms with Crippen LogP contribution in [-0.2, 0) is 16.0 Å². The van der Waals surface area contributed by atoms with Crippen LogP contribution in [0.5, 0.6) is 0 Å². The Balaban J connectivity index is 1.66. The van der Waals surface area contributed by atoms with Crippen LogP contribution < -0.4 is 0 Å². The Labute approximate surface area is 183 Å². The monoisotopic (exact) mass is 416 g/mol. The fraction of sp³-hybridized carbons (Fsp3) is 0.308. The zero-order valence-electron chi connectivity index (χ0n) is 18.3. The molecular formula is C26H28N2O3. The number of amides is 1. The lowest BCUT2D eigenvalue weighted by molar-refractivity contribution is -0.152. The van der Waals surface area contributed by atoms with Gasteiger partial charge < -0.3 is 14.2 Å². The first-order valence-corrected chi connectivity index (χ1v) is 10.6. The number of ether oxygens (including phenoxy) is 1. The Morgan fingerprint density at radius 1 is 1.00 bits per heavy atom. The summed E-state index contributed by atoms with van der Waals surface area (Å²) in [5, 5.41) is 0. The van der Waals surface area contributed by atoms with Gasteiger partial charge in [-0.05, 0) is 68.7 Å². The fourth-order valence-electron chi connectivity index (χ4n) is 4.72. The summed E-state index contributed by atoms with van der Waals surface area (Å²) in [6.07, 6.45) is 5.78. The number of esters is 1. The number of likely N-dealkylation sites (tertiary alicyclic amines) is 1. The predicted octanol–water partition coefficient (Wildman–Crippen LogP) is 4.48. The second-order valence-electron chi connectivity index (χ2n) is 8.39. The minimum Gasteiger partial charge on any atom is -0.467 e. The summed E-state index contributed by atoms with van der Waals surface area (Å²) in [6, 6.07) is 17.9. The standard InChI is InChI=1S/C26H28N2O3/c1-19-15-20(2)17-22(16-19)24(29)28-14-6-11-26(28,25(30)31-3)18-21-7-9-23(10-8-21)27-12-4-5-13-27/h4-5,7-10,12-13,15-17H,6,11,14,18H2,1-3H3. The molecule has 1 aliphatic rings. The van der Waals surface area contributed by atoms with Gasteiger partial charge in [0.2, 0.25) is 0 Å². The van der Waals surface area contributed by atoms with E-state index >= 15 is 0 Å². The highest BCUT2D eigenvalue weighted by Gasteiger charge is 2.50. The number of hydrogen-bond donors (Lipinski definition) is 0. The molecule has 31 heavy (non-hydrogen) atoms. The third-order valence-electron chi connectivity index (χ3n) is 6.10. The van der Waals surface area contributed by atoms with Gasteiger partial charge in [0, 0.05) is 36.6 Å². The quantitative estimate of drug-likeness (QED) is 0.576. The van der Waals surface area contributed by atoms with E-state index in [1.54, 1.807) is 4.90 Å². The molecule has 0 bridgehead atoms. The topological polar surface area (TPSA) is 51.5 Å². The van der Waals surface area contributed by atoms with E-state index in [1.807, 2.05) is 85.4 Å². The molecule has 5 nitrogen and oxygen atoms in total. The number of carbonyl (C=O) groups is 2. The second-order valence-corrected chi connectivity index (χ2v) is 8.39. The van der Waals surface area contributed by atoms with Gasteiger partial charge in [0.1, 0.15) is 5.54 Å². The van der Waals surface area contributed by atoms with Crippen LogP contribution in [0.15, 0.2) is 67.0 Å². The summed E-state index contributed by atoms with van der Waals surface area (Å²) in [7, 11) is 1.40. The van der Waals surface area contributed by atoms with E-state index in [4.69, 9.17) is 4.74 Å². The van der Waals surface area contributed by atoms with E-state index in [1.165, 1.54) is 7.11 Å². The molecule has 1 unspecified atom stereocenters. The smallest absolute Gasteiger partial charge is 0.332 e. The molecule has 1 fully saturated rings. The summed E-state index contributed by atoms with van der Waals surface area (Å²) in [4.78, 5) is 28.3. The van der Waals surface area contributed by atoms with Crippen LogP contribution in [-0.4, -0.2) is 40.5 Å². The van der Waals surface area contributed by atoms with Gasteiger partial charge in [-0.25, -0.2) is 4.79 Å². The summed E-state index contributed by atoms with van der Waals surface area (Å²) >= 11 is 0. The average molecular weight is 417 g/mol. The predicted molar refractivity (Wildman–Crippen MR) is 120 cm³/mol. The van der Waals surface area contributed by atoms with E-state index in [-0.39, 0.29) is 11.9 Å². The first kappa shape index (κ1) is 20.9.